The molecule has 0 aliphatic carbocycles. The first-order valence-corrected chi connectivity index (χ1v) is 12.2. The van der Waals surface area contributed by atoms with E-state index in [0.29, 0.717) is 20.1 Å². The van der Waals surface area contributed by atoms with Crippen LogP contribution in [0.3, 0.4) is 0 Å². The van der Waals surface area contributed by atoms with Crippen LogP contribution in [0.15, 0.2) is 97.1 Å². The quantitative estimate of drug-likeness (QED) is 0.177. The van der Waals surface area contributed by atoms with Crippen LogP contribution in [0.2, 0.25) is 20.1 Å². The Bertz CT molecular complexity index is 1360. The average Bonchev–Trinajstić information content (AvgIpc) is 2.89. The molecule has 0 N–H and O–H groups in total. The summed E-state index contributed by atoms with van der Waals surface area (Å²) < 4.78 is 9.48. The van der Waals surface area contributed by atoms with Crippen molar-refractivity contribution in [3.8, 4) is 0 Å². The predicted molar refractivity (Wildman–Crippen MR) is 145 cm³/mol. The third kappa shape index (κ3) is 8.71. The van der Waals surface area contributed by atoms with Crippen LogP contribution in [0.1, 0.15) is 41.4 Å². The zero-order valence-corrected chi connectivity index (χ0v) is 22.2. The van der Waals surface area contributed by atoms with E-state index in [1.807, 2.05) is 0 Å². The largest absolute Gasteiger partial charge is 0.386 e. The molecule has 0 saturated heterocycles. The van der Waals surface area contributed by atoms with Gasteiger partial charge in [-0.1, -0.05) is 58.5 Å². The van der Waals surface area contributed by atoms with E-state index in [1.165, 1.54) is 48.5 Å². The van der Waals surface area contributed by atoms with Crippen LogP contribution < -0.4 is 0 Å². The van der Waals surface area contributed by atoms with Crippen molar-refractivity contribution in [2.45, 2.75) is 0 Å². The lowest BCUT2D eigenvalue weighted by Gasteiger charge is -2.03. The average molecular weight is 590 g/mol. The summed E-state index contributed by atoms with van der Waals surface area (Å²) in [4.78, 5) is 46.9. The Hall–Kier alpha value is -3.68. The van der Waals surface area contributed by atoms with Gasteiger partial charge in [0.15, 0.2) is 0 Å². The second kappa shape index (κ2) is 13.7. The second-order valence-corrected chi connectivity index (χ2v) is 9.13. The van der Waals surface area contributed by atoms with Crippen molar-refractivity contribution in [3.05, 3.63) is 139 Å². The molecule has 38 heavy (non-hydrogen) atoms. The maximum atomic E-state index is 11.7. The van der Waals surface area contributed by atoms with Gasteiger partial charge in [-0.25, -0.2) is 19.2 Å². The Morgan fingerprint density at radius 2 is 0.711 bits per heavy atom. The summed E-state index contributed by atoms with van der Waals surface area (Å²) in [5.74, 6) is -2.96. The number of hydrogen-bond donors (Lipinski definition) is 0. The summed E-state index contributed by atoms with van der Waals surface area (Å²) in [6.45, 7) is 0. The van der Waals surface area contributed by atoms with Gasteiger partial charge in [0.1, 0.15) is 0 Å². The molecule has 192 valence electrons. The third-order valence-electron chi connectivity index (χ3n) is 4.65. The van der Waals surface area contributed by atoms with Gasteiger partial charge < -0.3 is 9.47 Å². The minimum atomic E-state index is -0.757. The SMILES string of the molecule is O=C(OC(=O)c1ccc(Cl)cc1)c1ccc(Cl)cc1.O=C(OC(=O)c1cccc(Cl)c1)c1cccc(Cl)c1. The van der Waals surface area contributed by atoms with E-state index in [4.69, 9.17) is 55.9 Å². The molecule has 0 fully saturated rings. The van der Waals surface area contributed by atoms with E-state index in [2.05, 4.69) is 0 Å². The smallest absolute Gasteiger partial charge is 0.346 e. The highest BCUT2D eigenvalue weighted by Crippen LogP contribution is 2.16. The van der Waals surface area contributed by atoms with Crippen molar-refractivity contribution >= 4 is 70.3 Å². The van der Waals surface area contributed by atoms with Crippen molar-refractivity contribution in [2.75, 3.05) is 0 Å². The first-order chi connectivity index (χ1) is 18.1. The van der Waals surface area contributed by atoms with Crippen LogP contribution in [0.4, 0.5) is 0 Å². The van der Waals surface area contributed by atoms with Gasteiger partial charge in [0.2, 0.25) is 0 Å². The number of benzene rings is 4. The van der Waals surface area contributed by atoms with Crippen LogP contribution in [-0.2, 0) is 9.47 Å². The van der Waals surface area contributed by atoms with E-state index in [0.717, 1.165) is 0 Å². The Labute approximate surface area is 237 Å². The van der Waals surface area contributed by atoms with Crippen LogP contribution in [0.25, 0.3) is 0 Å². The Balaban J connectivity index is 0.000000211. The second-order valence-electron chi connectivity index (χ2n) is 7.39. The highest BCUT2D eigenvalue weighted by Gasteiger charge is 2.16. The summed E-state index contributed by atoms with van der Waals surface area (Å²) in [5, 5.41) is 1.79. The van der Waals surface area contributed by atoms with Gasteiger partial charge in [0, 0.05) is 20.1 Å². The molecule has 0 aromatic heterocycles. The van der Waals surface area contributed by atoms with Gasteiger partial charge >= 0.3 is 23.9 Å². The zero-order chi connectivity index (χ0) is 27.7. The summed E-state index contributed by atoms with van der Waals surface area (Å²) in [5.41, 5.74) is 0.934. The lowest BCUT2D eigenvalue weighted by atomic mass is 10.2. The molecule has 4 rings (SSSR count). The zero-order valence-electron chi connectivity index (χ0n) is 19.2. The molecule has 0 aliphatic heterocycles. The fraction of sp³-hybridized carbons (Fsp3) is 0. The highest BCUT2D eigenvalue weighted by molar-refractivity contribution is 6.31. The molecule has 4 aromatic rings. The Morgan fingerprint density at radius 3 is 1.03 bits per heavy atom. The normalized spacial score (nSPS) is 10.0. The van der Waals surface area contributed by atoms with Crippen LogP contribution in [0, 0.1) is 0 Å². The van der Waals surface area contributed by atoms with Crippen LogP contribution in [-0.4, -0.2) is 23.9 Å². The third-order valence-corrected chi connectivity index (χ3v) is 5.63. The summed E-state index contributed by atoms with van der Waals surface area (Å²) >= 11 is 22.9. The fourth-order valence-electron chi connectivity index (χ4n) is 2.81. The molecule has 0 saturated carbocycles. The van der Waals surface area contributed by atoms with Crippen molar-refractivity contribution in [2.24, 2.45) is 0 Å². The molecule has 0 aliphatic rings. The number of esters is 4. The molecule has 0 amide bonds. The first kappa shape index (κ1) is 28.9. The van der Waals surface area contributed by atoms with Gasteiger partial charge in [-0.3, -0.25) is 0 Å². The standard InChI is InChI=1S/2C14H8Cl2O3/c15-11-5-1-9(2-6-11)13(17)19-14(18)10-3-7-12(16)8-4-10;15-11-5-1-3-9(7-11)13(17)19-14(18)10-4-2-6-12(16)8-10/h2*1-8H. The van der Waals surface area contributed by atoms with Crippen molar-refractivity contribution in [1.82, 2.24) is 0 Å². The van der Waals surface area contributed by atoms with E-state index in [-0.39, 0.29) is 22.3 Å². The summed E-state index contributed by atoms with van der Waals surface area (Å²) in [7, 11) is 0. The topological polar surface area (TPSA) is 86.7 Å². The van der Waals surface area contributed by atoms with Gasteiger partial charge in [0.05, 0.1) is 22.3 Å². The number of carbonyl (C=O) groups is 4. The molecule has 6 nitrogen and oxygen atoms in total. The maximum Gasteiger partial charge on any atom is 0.346 e. The number of rotatable bonds is 4. The van der Waals surface area contributed by atoms with E-state index in [1.54, 1.807) is 48.5 Å². The van der Waals surface area contributed by atoms with Crippen molar-refractivity contribution in [1.29, 1.82) is 0 Å². The van der Waals surface area contributed by atoms with E-state index < -0.39 is 23.9 Å². The van der Waals surface area contributed by atoms with E-state index in [9.17, 15) is 19.2 Å². The van der Waals surface area contributed by atoms with Gasteiger partial charge in [-0.2, -0.15) is 0 Å². The minimum Gasteiger partial charge on any atom is -0.386 e. The van der Waals surface area contributed by atoms with Gasteiger partial charge in [-0.15, -0.1) is 0 Å². The van der Waals surface area contributed by atoms with Crippen LogP contribution in [0.5, 0.6) is 0 Å². The van der Waals surface area contributed by atoms with E-state index >= 15 is 0 Å². The Kier molecular flexibility index (Phi) is 10.4. The molecule has 0 heterocycles. The number of ether oxygens (including phenoxy) is 2. The van der Waals surface area contributed by atoms with Crippen LogP contribution >= 0.6 is 46.4 Å². The first-order valence-electron chi connectivity index (χ1n) is 10.7. The monoisotopic (exact) mass is 588 g/mol. The van der Waals surface area contributed by atoms with Gasteiger partial charge in [0.25, 0.3) is 0 Å². The van der Waals surface area contributed by atoms with Gasteiger partial charge in [-0.05, 0) is 84.9 Å². The molecule has 10 heteroatoms. The Morgan fingerprint density at radius 1 is 0.395 bits per heavy atom. The molecular weight excluding hydrogens is 574 g/mol. The molecular formula is C28H16Cl4O6. The molecule has 0 spiro atoms. The molecule has 0 radical (unpaired) electrons. The number of hydrogen-bond acceptors (Lipinski definition) is 6. The summed E-state index contributed by atoms with van der Waals surface area (Å²) in [6, 6.07) is 24.5. The summed E-state index contributed by atoms with van der Waals surface area (Å²) in [6.07, 6.45) is 0. The van der Waals surface area contributed by atoms with Crippen molar-refractivity contribution < 1.29 is 28.7 Å². The predicted octanol–water partition coefficient (Wildman–Crippen LogP) is 7.98. The lowest BCUT2D eigenvalue weighted by molar-refractivity contribution is 0.0380. The minimum absolute atomic E-state index is 0.211. The number of halogens is 4. The number of carbonyl (C=O) groups excluding carboxylic acids is 4. The van der Waals surface area contributed by atoms with Crippen molar-refractivity contribution in [3.63, 3.8) is 0 Å². The maximum absolute atomic E-state index is 11.7. The lowest BCUT2D eigenvalue weighted by Crippen LogP contribution is -2.12. The molecule has 0 bridgehead atoms. The molecule has 0 unspecified atom stereocenters. The fourth-order valence-corrected chi connectivity index (χ4v) is 3.44. The molecule has 4 aromatic carbocycles. The molecule has 0 atom stereocenters. The highest BCUT2D eigenvalue weighted by atomic mass is 35.5.